The van der Waals surface area contributed by atoms with Crippen LogP contribution in [0.3, 0.4) is 0 Å². The summed E-state index contributed by atoms with van der Waals surface area (Å²) in [4.78, 5) is 2.49. The molecule has 0 spiro atoms. The molecule has 0 saturated heterocycles. The van der Waals surface area contributed by atoms with Gasteiger partial charge in [-0.3, -0.25) is 9.58 Å². The van der Waals surface area contributed by atoms with Crippen molar-refractivity contribution in [3.63, 3.8) is 0 Å². The Labute approximate surface area is 146 Å². The van der Waals surface area contributed by atoms with Crippen molar-refractivity contribution in [2.75, 3.05) is 7.05 Å². The number of benzene rings is 1. The van der Waals surface area contributed by atoms with Crippen LogP contribution >= 0.6 is 12.2 Å². The first kappa shape index (κ1) is 16.6. The Kier molecular flexibility index (Phi) is 4.64. The fourth-order valence-corrected chi connectivity index (χ4v) is 2.71. The van der Waals surface area contributed by atoms with Gasteiger partial charge in [-0.05, 0) is 56.4 Å². The first-order valence-corrected chi connectivity index (χ1v) is 8.15. The van der Waals surface area contributed by atoms with E-state index in [9.17, 15) is 0 Å². The van der Waals surface area contributed by atoms with Crippen LogP contribution in [0.5, 0.6) is 0 Å². The van der Waals surface area contributed by atoms with Crippen LogP contribution in [0.4, 0.5) is 0 Å². The highest BCUT2D eigenvalue weighted by atomic mass is 32.1. The Morgan fingerprint density at radius 1 is 1.25 bits per heavy atom. The van der Waals surface area contributed by atoms with Crippen LogP contribution in [-0.2, 0) is 20.3 Å². The van der Waals surface area contributed by atoms with E-state index in [0.29, 0.717) is 17.4 Å². The predicted molar refractivity (Wildman–Crippen MR) is 94.9 cm³/mol. The van der Waals surface area contributed by atoms with Gasteiger partial charge in [0, 0.05) is 30.9 Å². The minimum absolute atomic E-state index is 0.376. The van der Waals surface area contributed by atoms with Gasteiger partial charge in [0.05, 0.1) is 12.9 Å². The molecule has 0 saturated carbocycles. The lowest BCUT2D eigenvalue weighted by Crippen LogP contribution is -2.22. The first-order chi connectivity index (χ1) is 11.4. The molecule has 0 radical (unpaired) electrons. The van der Waals surface area contributed by atoms with Crippen LogP contribution in [-0.4, -0.2) is 31.5 Å². The zero-order valence-electron chi connectivity index (χ0n) is 14.4. The van der Waals surface area contributed by atoms with Gasteiger partial charge in [-0.15, -0.1) is 5.10 Å². The summed E-state index contributed by atoms with van der Waals surface area (Å²) in [7, 11) is 3.92. The second kappa shape index (κ2) is 6.70. The number of hydrogen-bond donors (Lipinski definition) is 0. The van der Waals surface area contributed by atoms with E-state index < -0.39 is 0 Å². The first-order valence-electron chi connectivity index (χ1n) is 7.74. The summed E-state index contributed by atoms with van der Waals surface area (Å²) in [5.41, 5.74) is 4.53. The van der Waals surface area contributed by atoms with Crippen molar-refractivity contribution in [1.29, 1.82) is 0 Å². The molecule has 7 heteroatoms. The molecule has 3 rings (SSSR count). The highest BCUT2D eigenvalue weighted by Crippen LogP contribution is 2.21. The third-order valence-electron chi connectivity index (χ3n) is 3.95. The fraction of sp³-hybridized carbons (Fsp3) is 0.353. The van der Waals surface area contributed by atoms with Gasteiger partial charge in [-0.25, -0.2) is 4.68 Å². The van der Waals surface area contributed by atoms with Crippen molar-refractivity contribution in [2.24, 2.45) is 7.05 Å². The summed E-state index contributed by atoms with van der Waals surface area (Å²) in [5.74, 6) is 0.554. The molecule has 0 unspecified atom stereocenters. The maximum atomic E-state index is 5.67. The molecule has 6 nitrogen and oxygen atoms in total. The standard InChI is InChI=1S/C17H21N5OS/c1-12-5-6-15(7-13(12)2)16-19-22(17(24)23-16)11-20(3)9-14-8-18-21(4)10-14/h5-8,10H,9,11H2,1-4H3. The van der Waals surface area contributed by atoms with Gasteiger partial charge in [-0.2, -0.15) is 5.10 Å². The lowest BCUT2D eigenvalue weighted by molar-refractivity contribution is 0.240. The van der Waals surface area contributed by atoms with E-state index in [4.69, 9.17) is 16.6 Å². The molecule has 24 heavy (non-hydrogen) atoms. The SMILES string of the molecule is Cc1ccc(-c2nn(CN(C)Cc3cnn(C)c3)c(=S)o2)cc1C. The zero-order chi connectivity index (χ0) is 17.3. The molecule has 0 aliphatic heterocycles. The topological polar surface area (TPSA) is 52.0 Å². The van der Waals surface area contributed by atoms with Gasteiger partial charge in [0.25, 0.3) is 4.84 Å². The van der Waals surface area contributed by atoms with Crippen molar-refractivity contribution in [3.8, 4) is 11.5 Å². The van der Waals surface area contributed by atoms with Gasteiger partial charge in [0.15, 0.2) is 0 Å². The van der Waals surface area contributed by atoms with Crippen molar-refractivity contribution >= 4 is 12.2 Å². The second-order valence-electron chi connectivity index (χ2n) is 6.15. The minimum Gasteiger partial charge on any atom is -0.409 e. The summed E-state index contributed by atoms with van der Waals surface area (Å²) in [6.45, 7) is 5.48. The van der Waals surface area contributed by atoms with E-state index in [1.165, 1.54) is 11.1 Å². The molecule has 2 heterocycles. The minimum atomic E-state index is 0.376. The van der Waals surface area contributed by atoms with Crippen LogP contribution in [0.2, 0.25) is 0 Å². The van der Waals surface area contributed by atoms with E-state index in [2.05, 4.69) is 41.1 Å². The summed E-state index contributed by atoms with van der Waals surface area (Å²) in [6.07, 6.45) is 3.86. The van der Waals surface area contributed by atoms with Crippen molar-refractivity contribution < 1.29 is 4.42 Å². The van der Waals surface area contributed by atoms with Gasteiger partial charge in [0.2, 0.25) is 5.89 Å². The number of aryl methyl sites for hydroxylation is 3. The van der Waals surface area contributed by atoms with Crippen molar-refractivity contribution in [2.45, 2.75) is 27.1 Å². The number of nitrogens with zero attached hydrogens (tertiary/aromatic N) is 5. The highest BCUT2D eigenvalue weighted by Gasteiger charge is 2.11. The lowest BCUT2D eigenvalue weighted by Gasteiger charge is -2.14. The number of rotatable bonds is 5. The Morgan fingerprint density at radius 2 is 2.04 bits per heavy atom. The molecular formula is C17H21N5OS. The monoisotopic (exact) mass is 343 g/mol. The maximum absolute atomic E-state index is 5.67. The predicted octanol–water partition coefficient (Wildman–Crippen LogP) is 3.31. The van der Waals surface area contributed by atoms with Gasteiger partial charge in [-0.1, -0.05) is 6.07 Å². The lowest BCUT2D eigenvalue weighted by atomic mass is 10.1. The van der Waals surface area contributed by atoms with E-state index in [0.717, 1.165) is 17.7 Å². The third-order valence-corrected chi connectivity index (χ3v) is 4.24. The van der Waals surface area contributed by atoms with Crippen molar-refractivity contribution in [3.05, 3.63) is 52.1 Å². The van der Waals surface area contributed by atoms with E-state index >= 15 is 0 Å². The summed E-state index contributed by atoms with van der Waals surface area (Å²) in [6, 6.07) is 6.14. The largest absolute Gasteiger partial charge is 0.409 e. The molecule has 1 aromatic carbocycles. The quantitative estimate of drug-likeness (QED) is 0.665. The van der Waals surface area contributed by atoms with Gasteiger partial charge in [0.1, 0.15) is 0 Å². The van der Waals surface area contributed by atoms with Crippen LogP contribution < -0.4 is 0 Å². The van der Waals surface area contributed by atoms with Gasteiger partial charge < -0.3 is 4.42 Å². The zero-order valence-corrected chi connectivity index (χ0v) is 15.2. The molecule has 0 fully saturated rings. The van der Waals surface area contributed by atoms with E-state index in [-0.39, 0.29) is 0 Å². The fourth-order valence-electron chi connectivity index (χ4n) is 2.53. The van der Waals surface area contributed by atoms with Crippen LogP contribution in [0.1, 0.15) is 16.7 Å². The van der Waals surface area contributed by atoms with Gasteiger partial charge >= 0.3 is 0 Å². The highest BCUT2D eigenvalue weighted by molar-refractivity contribution is 7.71. The number of hydrogen-bond acceptors (Lipinski definition) is 5. The second-order valence-corrected chi connectivity index (χ2v) is 6.50. The van der Waals surface area contributed by atoms with Crippen LogP contribution in [0, 0.1) is 18.7 Å². The molecule has 3 aromatic rings. The molecule has 0 bridgehead atoms. The molecule has 0 amide bonds. The summed E-state index contributed by atoms with van der Waals surface area (Å²) >= 11 is 5.31. The number of aromatic nitrogens is 4. The van der Waals surface area contributed by atoms with E-state index in [1.807, 2.05) is 32.6 Å². The molecule has 126 valence electrons. The smallest absolute Gasteiger partial charge is 0.288 e. The van der Waals surface area contributed by atoms with Crippen LogP contribution in [0.25, 0.3) is 11.5 Å². The molecule has 0 N–H and O–H groups in total. The Morgan fingerprint density at radius 3 is 2.71 bits per heavy atom. The Hall–Kier alpha value is -2.25. The Bertz CT molecular complexity index is 908. The average molecular weight is 343 g/mol. The average Bonchev–Trinajstić information content (AvgIpc) is 3.08. The van der Waals surface area contributed by atoms with E-state index in [1.54, 1.807) is 9.36 Å². The molecule has 0 atom stereocenters. The van der Waals surface area contributed by atoms with Crippen molar-refractivity contribution in [1.82, 2.24) is 24.5 Å². The van der Waals surface area contributed by atoms with Crippen LogP contribution in [0.15, 0.2) is 35.0 Å². The summed E-state index contributed by atoms with van der Waals surface area (Å²) < 4.78 is 9.17. The normalized spacial score (nSPS) is 11.4. The summed E-state index contributed by atoms with van der Waals surface area (Å²) in [5, 5.41) is 8.70. The Balaban J connectivity index is 1.76. The molecular weight excluding hydrogens is 322 g/mol. The molecule has 0 aliphatic carbocycles. The third kappa shape index (κ3) is 3.63. The molecule has 2 aromatic heterocycles. The molecule has 0 aliphatic rings. The maximum Gasteiger partial charge on any atom is 0.288 e.